The van der Waals surface area contributed by atoms with Crippen molar-refractivity contribution in [2.45, 2.75) is 83.5 Å². The highest BCUT2D eigenvalue weighted by Gasteiger charge is 2.29. The Kier molecular flexibility index (Phi) is 7.98. The number of carbonyl (C=O) groups excluding carboxylic acids is 1. The number of aryl methyl sites for hydroxylation is 1. The first kappa shape index (κ1) is 24.5. The highest BCUT2D eigenvalue weighted by molar-refractivity contribution is 5.95. The van der Waals surface area contributed by atoms with Crippen LogP contribution in [0, 0.1) is 5.92 Å². The number of hydrogen-bond donors (Lipinski definition) is 0. The van der Waals surface area contributed by atoms with Gasteiger partial charge in [-0.2, -0.15) is 9.97 Å². The quantitative estimate of drug-likeness (QED) is 0.273. The van der Waals surface area contributed by atoms with Crippen molar-refractivity contribution in [2.24, 2.45) is 5.92 Å². The number of amides is 1. The lowest BCUT2D eigenvalue weighted by Gasteiger charge is -2.30. The molecule has 0 saturated heterocycles. The highest BCUT2D eigenvalue weighted by atomic mass is 16.6. The van der Waals surface area contributed by atoms with Gasteiger partial charge in [0.1, 0.15) is 0 Å². The van der Waals surface area contributed by atoms with Crippen LogP contribution < -0.4 is 9.64 Å². The van der Waals surface area contributed by atoms with Gasteiger partial charge in [0.05, 0.1) is 12.8 Å². The zero-order valence-corrected chi connectivity index (χ0v) is 21.2. The van der Waals surface area contributed by atoms with Crippen molar-refractivity contribution in [1.82, 2.24) is 15.1 Å². The van der Waals surface area contributed by atoms with Gasteiger partial charge >= 0.3 is 6.08 Å². The van der Waals surface area contributed by atoms with Gasteiger partial charge < -0.3 is 18.6 Å². The number of aromatic nitrogens is 3. The molecule has 2 aliphatic carbocycles. The zero-order valence-electron chi connectivity index (χ0n) is 21.2. The normalized spacial score (nSPS) is 16.2. The van der Waals surface area contributed by atoms with E-state index < -0.39 is 0 Å². The van der Waals surface area contributed by atoms with Crippen LogP contribution in [0.2, 0.25) is 0 Å². The summed E-state index contributed by atoms with van der Waals surface area (Å²) in [5, 5.41) is 4.11. The van der Waals surface area contributed by atoms with Crippen molar-refractivity contribution in [3.8, 4) is 17.4 Å². The van der Waals surface area contributed by atoms with Crippen LogP contribution in [-0.4, -0.2) is 34.2 Å². The molecular formula is C28H36N4O4. The molecule has 5 rings (SSSR count). The predicted molar refractivity (Wildman–Crippen MR) is 136 cm³/mol. The summed E-state index contributed by atoms with van der Waals surface area (Å²) < 4.78 is 16.5. The van der Waals surface area contributed by atoms with Crippen LogP contribution in [0.25, 0.3) is 11.3 Å². The standard InChI is InChI=1S/C28H36N4O4/c1-2-34-28-29-19-24(35-28)22-12-9-13-23(18-22)32(27(33)21-10-5-3-6-11-21)17-8-4-7-14-25-30-26(31-36-25)20-15-16-20/h9,12-13,18-21H,2-8,10-11,14-17H2,1H3. The van der Waals surface area contributed by atoms with Crippen LogP contribution in [0.3, 0.4) is 0 Å². The summed E-state index contributed by atoms with van der Waals surface area (Å²) in [6, 6.07) is 7.99. The molecule has 2 saturated carbocycles. The van der Waals surface area contributed by atoms with Gasteiger partial charge in [0.15, 0.2) is 11.6 Å². The van der Waals surface area contributed by atoms with Crippen LogP contribution >= 0.6 is 0 Å². The smallest absolute Gasteiger partial charge is 0.394 e. The molecule has 2 aliphatic rings. The minimum atomic E-state index is 0.108. The number of carbonyl (C=O) groups is 1. The van der Waals surface area contributed by atoms with Gasteiger partial charge in [-0.05, 0) is 57.6 Å². The van der Waals surface area contributed by atoms with E-state index in [0.29, 0.717) is 24.8 Å². The Morgan fingerprint density at radius 1 is 1.11 bits per heavy atom. The summed E-state index contributed by atoms with van der Waals surface area (Å²) >= 11 is 0. The zero-order chi connectivity index (χ0) is 24.7. The molecule has 0 aliphatic heterocycles. The molecule has 0 N–H and O–H groups in total. The number of anilines is 1. The van der Waals surface area contributed by atoms with Crippen molar-refractivity contribution in [3.63, 3.8) is 0 Å². The lowest BCUT2D eigenvalue weighted by molar-refractivity contribution is -0.123. The molecule has 8 nitrogen and oxygen atoms in total. The van der Waals surface area contributed by atoms with E-state index in [-0.39, 0.29) is 17.9 Å². The first-order valence-corrected chi connectivity index (χ1v) is 13.5. The van der Waals surface area contributed by atoms with E-state index in [1.165, 1.54) is 19.3 Å². The van der Waals surface area contributed by atoms with Gasteiger partial charge in [-0.3, -0.25) is 4.79 Å². The van der Waals surface area contributed by atoms with Crippen LogP contribution in [0.5, 0.6) is 6.08 Å². The van der Waals surface area contributed by atoms with Crippen LogP contribution in [0.4, 0.5) is 5.69 Å². The third-order valence-electron chi connectivity index (χ3n) is 7.11. The fourth-order valence-corrected chi connectivity index (χ4v) is 4.95. The van der Waals surface area contributed by atoms with E-state index in [9.17, 15) is 4.79 Å². The number of benzene rings is 1. The summed E-state index contributed by atoms with van der Waals surface area (Å²) in [4.78, 5) is 24.3. The van der Waals surface area contributed by atoms with Crippen molar-refractivity contribution >= 4 is 11.6 Å². The molecule has 2 aromatic heterocycles. The van der Waals surface area contributed by atoms with E-state index >= 15 is 0 Å². The average Bonchev–Trinajstić information content (AvgIpc) is 3.47. The van der Waals surface area contributed by atoms with E-state index in [4.69, 9.17) is 13.7 Å². The Bertz CT molecular complexity index is 1130. The predicted octanol–water partition coefficient (Wildman–Crippen LogP) is 6.33. The van der Waals surface area contributed by atoms with E-state index in [1.807, 2.05) is 36.1 Å². The number of ether oxygens (including phenoxy) is 1. The minimum absolute atomic E-state index is 0.108. The molecule has 1 amide bonds. The van der Waals surface area contributed by atoms with E-state index in [0.717, 1.165) is 74.3 Å². The number of rotatable bonds is 12. The van der Waals surface area contributed by atoms with Crippen molar-refractivity contribution < 1.29 is 18.5 Å². The van der Waals surface area contributed by atoms with Gasteiger partial charge in [-0.15, -0.1) is 0 Å². The average molecular weight is 493 g/mol. The van der Waals surface area contributed by atoms with E-state index in [1.54, 1.807) is 6.20 Å². The second kappa shape index (κ2) is 11.7. The van der Waals surface area contributed by atoms with Gasteiger partial charge in [0, 0.05) is 36.1 Å². The van der Waals surface area contributed by atoms with Gasteiger partial charge in [-0.1, -0.05) is 43.0 Å². The molecule has 36 heavy (non-hydrogen) atoms. The molecule has 0 bridgehead atoms. The molecule has 1 aromatic carbocycles. The number of oxazole rings is 1. The summed E-state index contributed by atoms with van der Waals surface area (Å²) in [5.41, 5.74) is 1.79. The highest BCUT2D eigenvalue weighted by Crippen LogP contribution is 2.38. The van der Waals surface area contributed by atoms with Crippen molar-refractivity contribution in [3.05, 3.63) is 42.2 Å². The first-order chi connectivity index (χ1) is 17.7. The van der Waals surface area contributed by atoms with Crippen LogP contribution in [0.15, 0.2) is 39.4 Å². The van der Waals surface area contributed by atoms with Crippen LogP contribution in [-0.2, 0) is 11.2 Å². The third kappa shape index (κ3) is 6.15. The summed E-state index contributed by atoms with van der Waals surface area (Å²) in [7, 11) is 0. The summed E-state index contributed by atoms with van der Waals surface area (Å²) in [6.45, 7) is 3.08. The number of unbranched alkanes of at least 4 members (excludes halogenated alkanes) is 2. The fourth-order valence-electron chi connectivity index (χ4n) is 4.95. The molecule has 2 fully saturated rings. The maximum atomic E-state index is 13.6. The Morgan fingerprint density at radius 3 is 2.78 bits per heavy atom. The topological polar surface area (TPSA) is 94.5 Å². The second-order valence-corrected chi connectivity index (χ2v) is 9.93. The Hall–Kier alpha value is -3.16. The molecule has 3 aromatic rings. The molecular weight excluding hydrogens is 456 g/mol. The lowest BCUT2D eigenvalue weighted by Crippen LogP contribution is -2.38. The van der Waals surface area contributed by atoms with E-state index in [2.05, 4.69) is 15.1 Å². The fraction of sp³-hybridized carbons (Fsp3) is 0.571. The molecule has 0 radical (unpaired) electrons. The summed E-state index contributed by atoms with van der Waals surface area (Å²) in [6.07, 6.45) is 13.4. The molecule has 0 spiro atoms. The second-order valence-electron chi connectivity index (χ2n) is 9.93. The molecule has 192 valence electrons. The molecule has 8 heteroatoms. The lowest BCUT2D eigenvalue weighted by atomic mass is 9.88. The Morgan fingerprint density at radius 2 is 1.97 bits per heavy atom. The SMILES string of the molecule is CCOc1ncc(-c2cccc(N(CCCCCc3nc(C4CC4)no3)C(=O)C3CCCCC3)c2)o1. The maximum Gasteiger partial charge on any atom is 0.394 e. The third-order valence-corrected chi connectivity index (χ3v) is 7.11. The summed E-state index contributed by atoms with van der Waals surface area (Å²) in [5.74, 6) is 3.10. The number of nitrogens with zero attached hydrogens (tertiary/aromatic N) is 4. The monoisotopic (exact) mass is 492 g/mol. The Balaban J connectivity index is 1.23. The number of hydrogen-bond acceptors (Lipinski definition) is 7. The molecule has 0 unspecified atom stereocenters. The van der Waals surface area contributed by atoms with Crippen LogP contribution in [0.1, 0.15) is 88.8 Å². The minimum Gasteiger partial charge on any atom is -0.450 e. The van der Waals surface area contributed by atoms with Gasteiger partial charge in [0.2, 0.25) is 11.8 Å². The molecule has 0 atom stereocenters. The maximum absolute atomic E-state index is 13.6. The van der Waals surface area contributed by atoms with Gasteiger partial charge in [-0.25, -0.2) is 0 Å². The first-order valence-electron chi connectivity index (χ1n) is 13.5. The largest absolute Gasteiger partial charge is 0.450 e. The van der Waals surface area contributed by atoms with Crippen molar-refractivity contribution in [1.29, 1.82) is 0 Å². The Labute approximate surface area is 212 Å². The van der Waals surface area contributed by atoms with Crippen molar-refractivity contribution in [2.75, 3.05) is 18.1 Å². The van der Waals surface area contributed by atoms with Gasteiger partial charge in [0.25, 0.3) is 0 Å². The molecule has 2 heterocycles.